The summed E-state index contributed by atoms with van der Waals surface area (Å²) < 4.78 is 0. The summed E-state index contributed by atoms with van der Waals surface area (Å²) >= 11 is 4.54. The van der Waals surface area contributed by atoms with E-state index in [0.29, 0.717) is 0 Å². The van der Waals surface area contributed by atoms with Crippen molar-refractivity contribution in [2.75, 3.05) is 14.1 Å². The van der Waals surface area contributed by atoms with Gasteiger partial charge in [0.15, 0.2) is 0 Å². The number of hydrogen-bond acceptors (Lipinski definition) is 2. The van der Waals surface area contributed by atoms with Crippen LogP contribution in [-0.2, 0) is 0 Å². The Morgan fingerprint density at radius 1 is 1.22 bits per heavy atom. The van der Waals surface area contributed by atoms with Gasteiger partial charge in [0.2, 0.25) is 0 Å². The quantitative estimate of drug-likeness (QED) is 0.472. The maximum atomic E-state index is 4.54. The van der Waals surface area contributed by atoms with Crippen LogP contribution >= 0.6 is 12.6 Å². The van der Waals surface area contributed by atoms with Gasteiger partial charge in [0.1, 0.15) is 0 Å². The predicted molar refractivity (Wildman–Crippen MR) is 46.0 cm³/mol. The second kappa shape index (κ2) is 3.47. The van der Waals surface area contributed by atoms with Crippen LogP contribution in [-0.4, -0.2) is 23.9 Å². The first-order valence-corrected chi connectivity index (χ1v) is 3.91. The van der Waals surface area contributed by atoms with Gasteiger partial charge in [-0.25, -0.2) is 0 Å². The molecule has 0 atom stereocenters. The summed E-state index contributed by atoms with van der Waals surface area (Å²) in [6.45, 7) is 4.33. The highest BCUT2D eigenvalue weighted by atomic mass is 32.1. The van der Waals surface area contributed by atoms with Crippen molar-refractivity contribution < 1.29 is 0 Å². The highest BCUT2D eigenvalue weighted by Gasteiger charge is 2.22. The summed E-state index contributed by atoms with van der Waals surface area (Å²) in [6, 6.07) is 0. The van der Waals surface area contributed by atoms with E-state index < -0.39 is 0 Å². The topological polar surface area (TPSA) is 3.24 Å². The van der Waals surface area contributed by atoms with Gasteiger partial charge >= 0.3 is 0 Å². The molecule has 0 fully saturated rings. The van der Waals surface area contributed by atoms with E-state index in [1.54, 1.807) is 0 Å². The van der Waals surface area contributed by atoms with Crippen LogP contribution in [0.1, 0.15) is 26.7 Å². The van der Waals surface area contributed by atoms with Crippen molar-refractivity contribution >= 4 is 12.6 Å². The van der Waals surface area contributed by atoms with Crippen molar-refractivity contribution in [2.45, 2.75) is 31.6 Å². The minimum absolute atomic E-state index is 0.111. The Balaban J connectivity index is 3.92. The molecule has 0 aromatic carbocycles. The van der Waals surface area contributed by atoms with Crippen LogP contribution in [0.5, 0.6) is 0 Å². The van der Waals surface area contributed by atoms with Gasteiger partial charge in [-0.2, -0.15) is 12.6 Å². The minimum atomic E-state index is 0.111. The second-order valence-electron chi connectivity index (χ2n) is 2.58. The molecule has 0 unspecified atom stereocenters. The molecule has 0 N–H and O–H groups in total. The van der Waals surface area contributed by atoms with Crippen LogP contribution < -0.4 is 0 Å². The van der Waals surface area contributed by atoms with Gasteiger partial charge in [-0.15, -0.1) is 0 Å². The van der Waals surface area contributed by atoms with Crippen LogP contribution in [0, 0.1) is 0 Å². The molecule has 56 valence electrons. The van der Waals surface area contributed by atoms with Crippen LogP contribution in [0.2, 0.25) is 0 Å². The third kappa shape index (κ3) is 2.18. The lowest BCUT2D eigenvalue weighted by Crippen LogP contribution is -2.37. The van der Waals surface area contributed by atoms with E-state index >= 15 is 0 Å². The van der Waals surface area contributed by atoms with Gasteiger partial charge < -0.3 is 0 Å². The van der Waals surface area contributed by atoms with Crippen LogP contribution in [0.3, 0.4) is 0 Å². The van der Waals surface area contributed by atoms with Gasteiger partial charge in [0.05, 0.1) is 4.87 Å². The first-order chi connectivity index (χ1) is 4.06. The van der Waals surface area contributed by atoms with E-state index in [1.165, 1.54) is 0 Å². The zero-order valence-corrected chi connectivity index (χ0v) is 7.70. The molecule has 0 aliphatic rings. The zero-order chi connectivity index (χ0) is 7.49. The summed E-state index contributed by atoms with van der Waals surface area (Å²) in [5, 5.41) is 0. The van der Waals surface area contributed by atoms with Gasteiger partial charge in [0, 0.05) is 0 Å². The van der Waals surface area contributed by atoms with E-state index in [9.17, 15) is 0 Å². The predicted octanol–water partition coefficient (Wildman–Crippen LogP) is 1.99. The number of rotatable bonds is 3. The number of thiol groups is 1. The van der Waals surface area contributed by atoms with E-state index in [4.69, 9.17) is 0 Å². The summed E-state index contributed by atoms with van der Waals surface area (Å²) in [6.07, 6.45) is 2.19. The molecule has 0 bridgehead atoms. The van der Waals surface area contributed by atoms with Crippen molar-refractivity contribution in [3.63, 3.8) is 0 Å². The smallest absolute Gasteiger partial charge is 0.0630 e. The lowest BCUT2D eigenvalue weighted by Gasteiger charge is -2.33. The number of nitrogens with zero attached hydrogens (tertiary/aromatic N) is 1. The maximum absolute atomic E-state index is 4.54. The fourth-order valence-corrected chi connectivity index (χ4v) is 0.882. The summed E-state index contributed by atoms with van der Waals surface area (Å²) in [5.41, 5.74) is 0. The van der Waals surface area contributed by atoms with Crippen molar-refractivity contribution in [3.8, 4) is 0 Å². The molecule has 1 nitrogen and oxygen atoms in total. The Hall–Kier alpha value is 0.310. The molecular weight excluding hydrogens is 130 g/mol. The Kier molecular flexibility index (Phi) is 3.59. The van der Waals surface area contributed by atoms with Crippen LogP contribution in [0.15, 0.2) is 0 Å². The molecule has 9 heavy (non-hydrogen) atoms. The monoisotopic (exact) mass is 147 g/mol. The van der Waals surface area contributed by atoms with Gasteiger partial charge in [-0.05, 0) is 26.9 Å². The molecule has 0 saturated carbocycles. The normalized spacial score (nSPS) is 12.7. The summed E-state index contributed by atoms with van der Waals surface area (Å²) in [7, 11) is 4.14. The lowest BCUT2D eigenvalue weighted by atomic mass is 10.1. The first-order valence-electron chi connectivity index (χ1n) is 3.46. The van der Waals surface area contributed by atoms with E-state index in [1.807, 2.05) is 0 Å². The highest BCUT2D eigenvalue weighted by Crippen LogP contribution is 2.24. The van der Waals surface area contributed by atoms with Crippen molar-refractivity contribution in [2.24, 2.45) is 0 Å². The average molecular weight is 147 g/mol. The Labute approximate surface area is 63.8 Å². The van der Waals surface area contributed by atoms with Gasteiger partial charge in [-0.1, -0.05) is 13.8 Å². The first kappa shape index (κ1) is 9.31. The van der Waals surface area contributed by atoms with Gasteiger partial charge in [-0.3, -0.25) is 4.90 Å². The Bertz CT molecular complexity index is 77.0. The molecule has 0 aliphatic carbocycles. The lowest BCUT2D eigenvalue weighted by molar-refractivity contribution is 0.244. The maximum Gasteiger partial charge on any atom is 0.0630 e. The van der Waals surface area contributed by atoms with Crippen molar-refractivity contribution in [3.05, 3.63) is 0 Å². The van der Waals surface area contributed by atoms with E-state index in [0.717, 1.165) is 12.8 Å². The van der Waals surface area contributed by atoms with E-state index in [-0.39, 0.29) is 4.87 Å². The largest absolute Gasteiger partial charge is 0.295 e. The second-order valence-corrected chi connectivity index (χ2v) is 3.42. The minimum Gasteiger partial charge on any atom is -0.295 e. The molecule has 0 aromatic heterocycles. The molecule has 0 amide bonds. The molecule has 0 rings (SSSR count). The molecule has 0 aliphatic heterocycles. The average Bonchev–Trinajstić information content (AvgIpc) is 1.86. The van der Waals surface area contributed by atoms with Crippen molar-refractivity contribution in [1.82, 2.24) is 4.90 Å². The third-order valence-electron chi connectivity index (χ3n) is 1.96. The molecule has 0 radical (unpaired) electrons. The fourth-order valence-electron chi connectivity index (χ4n) is 0.882. The Morgan fingerprint density at radius 2 is 1.56 bits per heavy atom. The molecule has 0 aromatic rings. The molecular formula is C7H17NS. The summed E-state index contributed by atoms with van der Waals surface area (Å²) in [5.74, 6) is 0. The standard InChI is InChI=1S/C7H17NS/c1-5-7(9,6-2)8(3)4/h9H,5-6H2,1-4H3. The highest BCUT2D eigenvalue weighted by molar-refractivity contribution is 7.81. The molecule has 0 saturated heterocycles. The van der Waals surface area contributed by atoms with E-state index in [2.05, 4.69) is 45.5 Å². The third-order valence-corrected chi connectivity index (χ3v) is 3.00. The van der Waals surface area contributed by atoms with Crippen LogP contribution in [0.25, 0.3) is 0 Å². The van der Waals surface area contributed by atoms with Gasteiger partial charge in [0.25, 0.3) is 0 Å². The molecule has 2 heteroatoms. The Morgan fingerprint density at radius 3 is 1.56 bits per heavy atom. The zero-order valence-electron chi connectivity index (χ0n) is 6.81. The molecule has 0 heterocycles. The van der Waals surface area contributed by atoms with Crippen molar-refractivity contribution in [1.29, 1.82) is 0 Å². The fraction of sp³-hybridized carbons (Fsp3) is 1.00. The summed E-state index contributed by atoms with van der Waals surface area (Å²) in [4.78, 5) is 2.27. The number of hydrogen-bond donors (Lipinski definition) is 1. The molecule has 0 spiro atoms. The van der Waals surface area contributed by atoms with Crippen LogP contribution in [0.4, 0.5) is 0 Å². The SMILES string of the molecule is CCC(S)(CC)N(C)C.